The molecule has 27 nitrogen and oxygen atoms in total. The Kier molecular flexibility index (Phi) is 19.4. The number of esters is 1. The molecule has 494 valence electrons. The second-order valence-corrected chi connectivity index (χ2v) is 28.5. The maximum Gasteiger partial charge on any atom is 0.315 e. The van der Waals surface area contributed by atoms with Gasteiger partial charge < -0.3 is 129 Å². The molecule has 5 heterocycles. The van der Waals surface area contributed by atoms with Crippen LogP contribution in [0.5, 0.6) is 0 Å². The lowest BCUT2D eigenvalue weighted by molar-refractivity contribution is -0.361. The molecular weight excluding hydrogens is 1140 g/mol. The zero-order valence-electron chi connectivity index (χ0n) is 50.0. The van der Waals surface area contributed by atoms with E-state index in [9.17, 15) is 81.7 Å². The predicted molar refractivity (Wildman–Crippen MR) is 289 cm³/mol. The second-order valence-electron chi connectivity index (χ2n) is 28.5. The van der Waals surface area contributed by atoms with Crippen molar-refractivity contribution in [1.82, 2.24) is 0 Å². The van der Waals surface area contributed by atoms with Crippen molar-refractivity contribution in [2.75, 3.05) is 33.0 Å². The summed E-state index contributed by atoms with van der Waals surface area (Å²) in [6.45, 7) is 12.1. The van der Waals surface area contributed by atoms with Crippen molar-refractivity contribution in [3.05, 3.63) is 11.6 Å². The number of carbonyl (C=O) groups is 1. The summed E-state index contributed by atoms with van der Waals surface area (Å²) in [4.78, 5) is 15.2. The molecule has 5 saturated heterocycles. The van der Waals surface area contributed by atoms with Crippen LogP contribution < -0.4 is 0 Å². The van der Waals surface area contributed by atoms with E-state index < -0.39 is 196 Å². The fourth-order valence-electron chi connectivity index (χ4n) is 17.6. The van der Waals surface area contributed by atoms with Gasteiger partial charge in [0.25, 0.3) is 0 Å². The van der Waals surface area contributed by atoms with Gasteiger partial charge in [0.1, 0.15) is 110 Å². The lowest BCUT2D eigenvalue weighted by Crippen LogP contribution is -2.67. The average molecular weight is 1240 g/mol. The molecule has 10 rings (SSSR count). The molecule has 10 aliphatic rings. The quantitative estimate of drug-likeness (QED) is 0.0454. The molecule has 5 aliphatic carbocycles. The van der Waals surface area contributed by atoms with Crippen molar-refractivity contribution in [1.29, 1.82) is 0 Å². The summed E-state index contributed by atoms with van der Waals surface area (Å²) >= 11 is 0. The van der Waals surface area contributed by atoms with Gasteiger partial charge in [-0.25, -0.2) is 0 Å². The van der Waals surface area contributed by atoms with Crippen molar-refractivity contribution < 1.29 is 134 Å². The minimum Gasteiger partial charge on any atom is -0.432 e. The summed E-state index contributed by atoms with van der Waals surface area (Å²) in [5.41, 5.74) is -1.93. The molecule has 0 aromatic carbocycles. The van der Waals surface area contributed by atoms with Crippen LogP contribution in [-0.4, -0.2) is 274 Å². The van der Waals surface area contributed by atoms with Gasteiger partial charge in [-0.15, -0.1) is 0 Å². The predicted octanol–water partition coefficient (Wildman–Crippen LogP) is -3.57. The van der Waals surface area contributed by atoms with Crippen LogP contribution in [0.4, 0.5) is 0 Å². The molecule has 33 atom stereocenters. The largest absolute Gasteiger partial charge is 0.432 e. The molecule has 86 heavy (non-hydrogen) atoms. The number of fused-ring (bicyclic) bond motifs is 7. The fourth-order valence-corrected chi connectivity index (χ4v) is 17.6. The van der Waals surface area contributed by atoms with Crippen molar-refractivity contribution in [3.63, 3.8) is 0 Å². The number of carbonyl (C=O) groups excluding carboxylic acids is 1. The highest BCUT2D eigenvalue weighted by molar-refractivity contribution is 5.79. The van der Waals surface area contributed by atoms with Gasteiger partial charge in [0, 0.05) is 5.41 Å². The van der Waals surface area contributed by atoms with Crippen LogP contribution >= 0.6 is 0 Å². The third kappa shape index (κ3) is 11.2. The molecule has 4 saturated carbocycles. The maximum absolute atomic E-state index is 15.2. The van der Waals surface area contributed by atoms with Crippen LogP contribution in [-0.2, 0) is 52.2 Å². The number of hydrogen-bond acceptors (Lipinski definition) is 27. The Morgan fingerprint density at radius 1 is 0.558 bits per heavy atom. The Labute approximate surface area is 499 Å². The number of rotatable bonds is 14. The van der Waals surface area contributed by atoms with Crippen molar-refractivity contribution >= 4 is 5.97 Å². The van der Waals surface area contributed by atoms with Gasteiger partial charge >= 0.3 is 5.97 Å². The highest BCUT2D eigenvalue weighted by atomic mass is 16.8. The minimum atomic E-state index is -1.90. The van der Waals surface area contributed by atoms with E-state index in [0.717, 1.165) is 12.8 Å². The third-order valence-corrected chi connectivity index (χ3v) is 23.3. The first-order chi connectivity index (χ1) is 40.4. The molecule has 0 bridgehead atoms. The van der Waals surface area contributed by atoms with E-state index in [1.165, 1.54) is 12.5 Å². The fraction of sp³-hybridized carbons (Fsp3) is 0.949. The first-order valence-electron chi connectivity index (χ1n) is 30.8. The van der Waals surface area contributed by atoms with E-state index in [-0.39, 0.29) is 47.2 Å². The number of ether oxygens (including phenoxy) is 10. The number of allylic oxidation sites excluding steroid dienone is 2. The summed E-state index contributed by atoms with van der Waals surface area (Å²) in [7, 11) is 0. The van der Waals surface area contributed by atoms with Crippen LogP contribution in [0.25, 0.3) is 0 Å². The van der Waals surface area contributed by atoms with Gasteiger partial charge in [-0.05, 0) is 111 Å². The molecule has 0 spiro atoms. The third-order valence-electron chi connectivity index (χ3n) is 23.3. The first kappa shape index (κ1) is 67.1. The SMILES string of the molecule is C[C@@H]1O[C@@H](O[C@H]2[C@H](O)[C@@H](O)[C@H](OC[C@H]3O[C@@H](OC(=O)[C@]45CCC(C)(C)C[C@H]4C4=CC[C@@H]6[C@@]7(C)CC[C@H](O[C@@H]8OC[C@H](O[C@@H]9O[C@H](CO)[C@@H](O)[C@H](O)[C@H]9O)[C@H](O)[C@H]8O)[C@@](C)(CO)[C@@H]7CC[C@@]6(C)[C@]4(C)CC5)[C@H](O)[C@@H](O)[C@@H]3O)O[C@@H]2CO)[C@H](O)[C@H](O)[C@H]1O. The number of aliphatic hydroxyl groups is 16. The molecule has 0 unspecified atom stereocenters. The van der Waals surface area contributed by atoms with E-state index in [2.05, 4.69) is 40.7 Å². The lowest BCUT2D eigenvalue weighted by Gasteiger charge is -2.71. The van der Waals surface area contributed by atoms with Gasteiger partial charge in [-0.2, -0.15) is 0 Å². The van der Waals surface area contributed by atoms with Gasteiger partial charge in [-0.3, -0.25) is 4.79 Å². The smallest absolute Gasteiger partial charge is 0.315 e. The molecule has 27 heteroatoms. The Morgan fingerprint density at radius 2 is 1.14 bits per heavy atom. The summed E-state index contributed by atoms with van der Waals surface area (Å²) in [6, 6.07) is 0. The molecular formula is C59H96O27. The van der Waals surface area contributed by atoms with E-state index in [0.29, 0.717) is 51.4 Å². The van der Waals surface area contributed by atoms with Crippen LogP contribution in [0.15, 0.2) is 11.6 Å². The molecule has 0 aromatic rings. The van der Waals surface area contributed by atoms with Crippen LogP contribution in [0.2, 0.25) is 0 Å². The standard InChI is InChI=1S/C59H96O27/c1-24-34(63)38(67)43(72)50(79-24)85-47-28(20-61)81-48(46(75)41(47)70)77-21-29-36(65)40(69)45(74)52(83-29)86-53(76)59-16-14-54(2,3)18-26(59)25-8-9-32-55(4)12-11-33(56(5,23-62)31(55)10-13-58(32,7)57(25,6)15-17-59)84-49-42(71)37(66)30(22-78-49)82-51-44(73)39(68)35(64)27(19-60)80-51/h8,24,26-52,60-75H,9-23H2,1-7H3/t24-,26-,27+,28+,29+,30-,31+,32+,33-,34-,35+,36+,37-,38+,39-,40-,41+,42+,43+,44+,45+,46+,47+,48+,49-,50-,51-,52-,55-,56-,57+,58+,59-/m0/s1. The topological polar surface area (TPSA) is 433 Å². The average Bonchev–Trinajstić information content (AvgIpc) is 0.747. The zero-order valence-corrected chi connectivity index (χ0v) is 50.0. The van der Waals surface area contributed by atoms with Crippen molar-refractivity contribution in [2.45, 2.75) is 266 Å². The van der Waals surface area contributed by atoms with Crippen LogP contribution in [0.1, 0.15) is 113 Å². The van der Waals surface area contributed by atoms with Gasteiger partial charge in [-0.1, -0.05) is 53.2 Å². The minimum absolute atomic E-state index is 0.0638. The highest BCUT2D eigenvalue weighted by Gasteiger charge is 2.71. The highest BCUT2D eigenvalue weighted by Crippen LogP contribution is 2.76. The molecule has 9 fully saturated rings. The second kappa shape index (κ2) is 24.9. The molecule has 0 amide bonds. The van der Waals surface area contributed by atoms with E-state index in [1.807, 2.05) is 6.92 Å². The monoisotopic (exact) mass is 1240 g/mol. The lowest BCUT2D eigenvalue weighted by atomic mass is 9.33. The van der Waals surface area contributed by atoms with E-state index in [1.54, 1.807) is 0 Å². The van der Waals surface area contributed by atoms with Crippen molar-refractivity contribution in [2.24, 2.45) is 50.2 Å². The number of hydrogen-bond donors (Lipinski definition) is 16. The molecule has 0 radical (unpaired) electrons. The first-order valence-corrected chi connectivity index (χ1v) is 30.8. The Bertz CT molecular complexity index is 2380. The molecule has 5 aliphatic heterocycles. The van der Waals surface area contributed by atoms with Gasteiger partial charge in [0.15, 0.2) is 25.2 Å². The Balaban J connectivity index is 0.809. The summed E-state index contributed by atoms with van der Waals surface area (Å²) in [5, 5.41) is 172. The maximum atomic E-state index is 15.2. The zero-order chi connectivity index (χ0) is 62.7. The molecule has 0 aromatic heterocycles. The van der Waals surface area contributed by atoms with E-state index >= 15 is 4.79 Å². The van der Waals surface area contributed by atoms with E-state index in [4.69, 9.17) is 47.4 Å². The summed E-state index contributed by atoms with van der Waals surface area (Å²) < 4.78 is 58.7. The van der Waals surface area contributed by atoms with Crippen molar-refractivity contribution in [3.8, 4) is 0 Å². The van der Waals surface area contributed by atoms with Crippen LogP contribution in [0, 0.1) is 50.2 Å². The number of aliphatic hydroxyl groups excluding tert-OH is 16. The Morgan fingerprint density at radius 3 is 1.80 bits per heavy atom. The van der Waals surface area contributed by atoms with Gasteiger partial charge in [0.05, 0.1) is 50.7 Å². The molecule has 16 N–H and O–H groups in total. The van der Waals surface area contributed by atoms with Gasteiger partial charge in [0.2, 0.25) is 6.29 Å². The Hall–Kier alpha value is -1.79. The summed E-state index contributed by atoms with van der Waals surface area (Å²) in [5.74, 6) is -0.862. The normalized spacial score (nSPS) is 54.8. The summed E-state index contributed by atoms with van der Waals surface area (Å²) in [6.07, 6.45) is -30.6. The van der Waals surface area contributed by atoms with Crippen LogP contribution in [0.3, 0.4) is 0 Å².